The second-order valence-corrected chi connectivity index (χ2v) is 3.79. The van der Waals surface area contributed by atoms with E-state index in [0.717, 1.165) is 25.1 Å². The van der Waals surface area contributed by atoms with Gasteiger partial charge in [0, 0.05) is 12.0 Å². The molecule has 1 fully saturated rings. The van der Waals surface area contributed by atoms with Gasteiger partial charge in [-0.1, -0.05) is 0 Å². The Morgan fingerprint density at radius 2 is 2.69 bits per heavy atom. The van der Waals surface area contributed by atoms with Gasteiger partial charge in [-0.25, -0.2) is 5.43 Å². The van der Waals surface area contributed by atoms with E-state index in [0.29, 0.717) is 0 Å². The Kier molecular flexibility index (Phi) is 2.90. The molecule has 1 aliphatic rings. The molecule has 0 spiro atoms. The van der Waals surface area contributed by atoms with Crippen LogP contribution in [0.4, 0.5) is 0 Å². The summed E-state index contributed by atoms with van der Waals surface area (Å²) in [6, 6.07) is 2.03. The van der Waals surface area contributed by atoms with Gasteiger partial charge >= 0.3 is 0 Å². The molecule has 4 nitrogen and oxygen atoms in total. The van der Waals surface area contributed by atoms with Crippen molar-refractivity contribution >= 4 is 11.5 Å². The molecule has 0 saturated carbocycles. The van der Waals surface area contributed by atoms with Crippen LogP contribution in [0.3, 0.4) is 0 Å². The Morgan fingerprint density at radius 3 is 3.23 bits per heavy atom. The number of hydrogen-bond donors (Lipinski definition) is 2. The fourth-order valence-electron chi connectivity index (χ4n) is 1.63. The maximum Gasteiger partial charge on any atom is 0.0904 e. The molecule has 2 unspecified atom stereocenters. The molecule has 3 N–H and O–H groups in total. The van der Waals surface area contributed by atoms with Crippen LogP contribution < -0.4 is 11.3 Å². The molecule has 1 aromatic rings. The van der Waals surface area contributed by atoms with E-state index in [2.05, 4.69) is 9.80 Å². The standard InChI is InChI=1S/C8H13N3OS/c9-10-8(6-3-5-13-11-6)7-2-1-4-12-7/h3,5,7-8,10H,1-2,4,9H2. The molecule has 5 heteroatoms. The Bertz CT molecular complexity index is 246. The first-order valence-electron chi connectivity index (χ1n) is 4.40. The highest BCUT2D eigenvalue weighted by molar-refractivity contribution is 7.03. The smallest absolute Gasteiger partial charge is 0.0904 e. The first kappa shape index (κ1) is 9.08. The van der Waals surface area contributed by atoms with Crippen molar-refractivity contribution < 1.29 is 4.74 Å². The normalized spacial score (nSPS) is 24.8. The van der Waals surface area contributed by atoms with Crippen LogP contribution in [0.2, 0.25) is 0 Å². The first-order valence-corrected chi connectivity index (χ1v) is 5.23. The van der Waals surface area contributed by atoms with Crippen molar-refractivity contribution in [2.45, 2.75) is 25.0 Å². The van der Waals surface area contributed by atoms with Gasteiger partial charge in [-0.2, -0.15) is 4.37 Å². The van der Waals surface area contributed by atoms with Crippen LogP contribution in [0.1, 0.15) is 24.6 Å². The molecule has 1 saturated heterocycles. The second kappa shape index (κ2) is 4.15. The van der Waals surface area contributed by atoms with E-state index in [-0.39, 0.29) is 12.1 Å². The number of aromatic nitrogens is 1. The molecule has 2 rings (SSSR count). The highest BCUT2D eigenvalue weighted by Crippen LogP contribution is 2.25. The number of hydrogen-bond acceptors (Lipinski definition) is 5. The predicted octanol–water partition coefficient (Wildman–Crippen LogP) is 0.826. The molecular weight excluding hydrogens is 186 g/mol. The third-order valence-electron chi connectivity index (χ3n) is 2.29. The van der Waals surface area contributed by atoms with Crippen molar-refractivity contribution in [3.8, 4) is 0 Å². The molecule has 72 valence electrons. The maximum atomic E-state index is 5.55. The lowest BCUT2D eigenvalue weighted by atomic mass is 10.1. The first-order chi connectivity index (χ1) is 6.42. The van der Waals surface area contributed by atoms with E-state index in [9.17, 15) is 0 Å². The minimum atomic E-state index is 0.0498. The van der Waals surface area contributed by atoms with E-state index < -0.39 is 0 Å². The second-order valence-electron chi connectivity index (χ2n) is 3.12. The monoisotopic (exact) mass is 199 g/mol. The van der Waals surface area contributed by atoms with Crippen LogP contribution in [0.15, 0.2) is 11.4 Å². The summed E-state index contributed by atoms with van der Waals surface area (Å²) >= 11 is 1.44. The van der Waals surface area contributed by atoms with E-state index in [1.807, 2.05) is 11.4 Å². The van der Waals surface area contributed by atoms with Crippen molar-refractivity contribution in [2.75, 3.05) is 6.61 Å². The minimum Gasteiger partial charge on any atom is -0.376 e. The molecule has 0 radical (unpaired) electrons. The summed E-state index contributed by atoms with van der Waals surface area (Å²) in [5.74, 6) is 5.48. The lowest BCUT2D eigenvalue weighted by Gasteiger charge is -2.19. The summed E-state index contributed by atoms with van der Waals surface area (Å²) in [6.07, 6.45) is 2.37. The Hall–Kier alpha value is -0.490. The van der Waals surface area contributed by atoms with Crippen molar-refractivity contribution in [3.05, 3.63) is 17.1 Å². The molecule has 1 aliphatic heterocycles. The van der Waals surface area contributed by atoms with Crippen molar-refractivity contribution in [1.82, 2.24) is 9.80 Å². The fourth-order valence-corrected chi connectivity index (χ4v) is 2.19. The zero-order valence-electron chi connectivity index (χ0n) is 7.27. The highest BCUT2D eigenvalue weighted by Gasteiger charge is 2.27. The van der Waals surface area contributed by atoms with Gasteiger partial charge in [-0.15, -0.1) is 0 Å². The molecule has 0 aromatic carbocycles. The minimum absolute atomic E-state index is 0.0498. The largest absolute Gasteiger partial charge is 0.376 e. The predicted molar refractivity (Wildman–Crippen MR) is 51.2 cm³/mol. The summed E-state index contributed by atoms with van der Waals surface area (Å²) in [4.78, 5) is 0. The Labute approximate surface area is 81.2 Å². The van der Waals surface area contributed by atoms with Crippen LogP contribution in [-0.4, -0.2) is 17.1 Å². The number of hydrazine groups is 1. The third kappa shape index (κ3) is 1.88. The molecule has 0 amide bonds. The van der Waals surface area contributed by atoms with Crippen LogP contribution in [-0.2, 0) is 4.74 Å². The fraction of sp³-hybridized carbons (Fsp3) is 0.625. The van der Waals surface area contributed by atoms with E-state index in [1.165, 1.54) is 11.5 Å². The van der Waals surface area contributed by atoms with Crippen LogP contribution in [0.25, 0.3) is 0 Å². The van der Waals surface area contributed by atoms with E-state index in [1.54, 1.807) is 0 Å². The topological polar surface area (TPSA) is 60.2 Å². The van der Waals surface area contributed by atoms with E-state index >= 15 is 0 Å². The molecule has 2 heterocycles. The quantitative estimate of drug-likeness (QED) is 0.559. The highest BCUT2D eigenvalue weighted by atomic mass is 32.1. The van der Waals surface area contributed by atoms with Gasteiger partial charge in [0.2, 0.25) is 0 Å². The van der Waals surface area contributed by atoms with Crippen molar-refractivity contribution in [3.63, 3.8) is 0 Å². The van der Waals surface area contributed by atoms with Crippen LogP contribution in [0.5, 0.6) is 0 Å². The lowest BCUT2D eigenvalue weighted by molar-refractivity contribution is 0.0774. The zero-order chi connectivity index (χ0) is 9.10. The molecule has 2 atom stereocenters. The SMILES string of the molecule is NNC(c1ccsn1)C1CCCO1. The summed E-state index contributed by atoms with van der Waals surface area (Å²) in [6.45, 7) is 0.840. The molecular formula is C8H13N3OS. The number of rotatable bonds is 3. The Balaban J connectivity index is 2.08. The molecule has 1 aromatic heterocycles. The van der Waals surface area contributed by atoms with Crippen molar-refractivity contribution in [2.24, 2.45) is 5.84 Å². The summed E-state index contributed by atoms with van der Waals surface area (Å²) in [7, 11) is 0. The van der Waals surface area contributed by atoms with Crippen molar-refractivity contribution in [1.29, 1.82) is 0 Å². The Morgan fingerprint density at radius 1 is 1.77 bits per heavy atom. The number of nitrogens with one attached hydrogen (secondary N) is 1. The third-order valence-corrected chi connectivity index (χ3v) is 2.87. The van der Waals surface area contributed by atoms with E-state index in [4.69, 9.17) is 10.6 Å². The number of nitrogens with two attached hydrogens (primary N) is 1. The van der Waals surface area contributed by atoms with Gasteiger partial charge in [-0.05, 0) is 30.4 Å². The molecule has 0 aliphatic carbocycles. The lowest BCUT2D eigenvalue weighted by Crippen LogP contribution is -2.36. The van der Waals surface area contributed by atoms with Gasteiger partial charge in [-0.3, -0.25) is 5.84 Å². The summed E-state index contributed by atoms with van der Waals surface area (Å²) in [5, 5.41) is 1.95. The number of ether oxygens (including phenoxy) is 1. The zero-order valence-corrected chi connectivity index (χ0v) is 8.09. The van der Waals surface area contributed by atoms with Crippen LogP contribution in [0, 0.1) is 0 Å². The summed E-state index contributed by atoms with van der Waals surface area (Å²) < 4.78 is 9.80. The maximum absolute atomic E-state index is 5.55. The average Bonchev–Trinajstić information content (AvgIpc) is 2.76. The van der Waals surface area contributed by atoms with Gasteiger partial charge < -0.3 is 4.74 Å². The summed E-state index contributed by atoms with van der Waals surface area (Å²) in [5.41, 5.74) is 3.75. The van der Waals surface area contributed by atoms with Gasteiger partial charge in [0.1, 0.15) is 0 Å². The molecule has 13 heavy (non-hydrogen) atoms. The molecule has 0 bridgehead atoms. The average molecular weight is 199 g/mol. The van der Waals surface area contributed by atoms with Gasteiger partial charge in [0.25, 0.3) is 0 Å². The van der Waals surface area contributed by atoms with Gasteiger partial charge in [0.05, 0.1) is 17.8 Å². The van der Waals surface area contributed by atoms with Gasteiger partial charge in [0.15, 0.2) is 0 Å². The number of nitrogens with zero attached hydrogens (tertiary/aromatic N) is 1. The van der Waals surface area contributed by atoms with Crippen LogP contribution >= 0.6 is 11.5 Å².